The number of hydrogen-bond donors (Lipinski definition) is 1. The number of hydrogen-bond acceptors (Lipinski definition) is 1. The molecule has 2 nitrogen and oxygen atoms in total. The van der Waals surface area contributed by atoms with Gasteiger partial charge in [-0.3, -0.25) is 0 Å². The lowest BCUT2D eigenvalue weighted by Crippen LogP contribution is -2.48. The summed E-state index contributed by atoms with van der Waals surface area (Å²) >= 11 is 0. The Hall–Kier alpha value is -2.61. The fraction of sp³-hybridized carbons (Fsp3) is 0.346. The van der Waals surface area contributed by atoms with Crippen molar-refractivity contribution < 1.29 is 0 Å². The minimum atomic E-state index is 0.425. The molecule has 140 valence electrons. The Morgan fingerprint density at radius 2 is 1.71 bits per heavy atom. The van der Waals surface area contributed by atoms with Crippen molar-refractivity contribution in [2.45, 2.75) is 45.4 Å². The van der Waals surface area contributed by atoms with Crippen LogP contribution >= 0.6 is 0 Å². The molecular formula is C26H26N2. The van der Waals surface area contributed by atoms with Crippen LogP contribution in [0.5, 0.6) is 0 Å². The third-order valence-electron chi connectivity index (χ3n) is 7.57. The van der Waals surface area contributed by atoms with Gasteiger partial charge in [0, 0.05) is 17.2 Å². The Labute approximate surface area is 166 Å². The van der Waals surface area contributed by atoms with Crippen LogP contribution in [-0.4, -0.2) is 9.97 Å². The van der Waals surface area contributed by atoms with Crippen LogP contribution in [-0.2, 0) is 19.3 Å². The number of nitrogens with zero attached hydrogens (tertiary/aromatic N) is 1. The van der Waals surface area contributed by atoms with E-state index in [1.807, 2.05) is 0 Å². The van der Waals surface area contributed by atoms with Gasteiger partial charge in [-0.2, -0.15) is 0 Å². The molecule has 0 aliphatic heterocycles. The number of nitrogens with one attached hydrogen (secondary N) is 1. The average Bonchev–Trinajstić information content (AvgIpc) is 3.31. The monoisotopic (exact) mass is 366 g/mol. The predicted molar refractivity (Wildman–Crippen MR) is 114 cm³/mol. The second-order valence-electron chi connectivity index (χ2n) is 9.51. The Kier molecular flexibility index (Phi) is 3.33. The van der Waals surface area contributed by atoms with Crippen molar-refractivity contribution in [2.75, 3.05) is 0 Å². The maximum absolute atomic E-state index is 5.02. The van der Waals surface area contributed by atoms with E-state index in [-0.39, 0.29) is 0 Å². The summed E-state index contributed by atoms with van der Waals surface area (Å²) in [5, 5.41) is 0. The quantitative estimate of drug-likeness (QED) is 0.597. The van der Waals surface area contributed by atoms with Crippen LogP contribution in [0.4, 0.5) is 0 Å². The standard InChI is InChI=1S/C26H26N2/c1-26(2)21-14-22(26)24-23(15-21)27-25(28-24)18-9-7-16(8-10-18)11-17-12-19-5-3-4-6-20(19)13-17/h3-11,21-22H,12-15H2,1-2H3,(H,27,28). The fourth-order valence-electron chi connectivity index (χ4n) is 5.61. The number of rotatable bonds is 2. The summed E-state index contributed by atoms with van der Waals surface area (Å²) in [6, 6.07) is 17.7. The molecule has 3 aromatic rings. The second kappa shape index (κ2) is 5.70. The fourth-order valence-corrected chi connectivity index (χ4v) is 5.61. The van der Waals surface area contributed by atoms with Gasteiger partial charge in [0.05, 0.1) is 5.69 Å². The van der Waals surface area contributed by atoms with Crippen molar-refractivity contribution in [1.29, 1.82) is 0 Å². The zero-order valence-electron chi connectivity index (χ0n) is 16.6. The first-order valence-corrected chi connectivity index (χ1v) is 10.5. The molecule has 1 saturated carbocycles. The van der Waals surface area contributed by atoms with E-state index in [0.717, 1.165) is 31.0 Å². The van der Waals surface area contributed by atoms with Crippen molar-refractivity contribution in [3.63, 3.8) is 0 Å². The van der Waals surface area contributed by atoms with Crippen molar-refractivity contribution in [1.82, 2.24) is 9.97 Å². The Morgan fingerprint density at radius 3 is 2.39 bits per heavy atom. The summed E-state index contributed by atoms with van der Waals surface area (Å²) in [6.07, 6.45) is 7.01. The summed E-state index contributed by atoms with van der Waals surface area (Å²) in [5.74, 6) is 2.50. The highest BCUT2D eigenvalue weighted by Crippen LogP contribution is 2.61. The van der Waals surface area contributed by atoms with Gasteiger partial charge in [0.1, 0.15) is 5.82 Å². The van der Waals surface area contributed by atoms with Gasteiger partial charge in [-0.1, -0.05) is 74.0 Å². The topological polar surface area (TPSA) is 28.7 Å². The van der Waals surface area contributed by atoms with Crippen molar-refractivity contribution in [2.24, 2.45) is 11.3 Å². The van der Waals surface area contributed by atoms with Crippen LogP contribution in [0.2, 0.25) is 0 Å². The molecule has 2 atom stereocenters. The molecule has 1 fully saturated rings. The molecule has 1 heterocycles. The van der Waals surface area contributed by atoms with E-state index in [9.17, 15) is 0 Å². The predicted octanol–water partition coefficient (Wildman–Crippen LogP) is 5.94. The molecular weight excluding hydrogens is 340 g/mol. The molecule has 4 aliphatic carbocycles. The highest BCUT2D eigenvalue weighted by molar-refractivity contribution is 5.63. The molecule has 0 saturated heterocycles. The number of allylic oxidation sites excluding steroid dienone is 1. The molecule has 4 aliphatic rings. The first-order chi connectivity index (χ1) is 13.6. The lowest BCUT2D eigenvalue weighted by molar-refractivity contribution is 0.0153. The minimum Gasteiger partial charge on any atom is -0.342 e. The van der Waals surface area contributed by atoms with Gasteiger partial charge < -0.3 is 4.98 Å². The number of benzene rings is 2. The normalized spacial score (nSPS) is 23.7. The molecule has 1 aromatic heterocycles. The van der Waals surface area contributed by atoms with Gasteiger partial charge in [-0.15, -0.1) is 0 Å². The van der Waals surface area contributed by atoms with Gasteiger partial charge in [0.15, 0.2) is 0 Å². The molecule has 0 amide bonds. The molecule has 1 N–H and O–H groups in total. The number of H-pyrrole nitrogens is 1. The molecule has 7 rings (SSSR count). The van der Waals surface area contributed by atoms with Crippen LogP contribution in [0.3, 0.4) is 0 Å². The number of imidazole rings is 1. The smallest absolute Gasteiger partial charge is 0.137 e. The molecule has 0 radical (unpaired) electrons. The SMILES string of the molecule is CC1(C)C2Cc3[nH]c(-c4ccc(C=C5Cc6ccccc6C5)cc4)nc3C1C2. The lowest BCUT2D eigenvalue weighted by atomic mass is 9.49. The summed E-state index contributed by atoms with van der Waals surface area (Å²) in [4.78, 5) is 8.65. The summed E-state index contributed by atoms with van der Waals surface area (Å²) in [6.45, 7) is 4.82. The first-order valence-electron chi connectivity index (χ1n) is 10.5. The summed E-state index contributed by atoms with van der Waals surface area (Å²) < 4.78 is 0. The van der Waals surface area contributed by atoms with E-state index in [1.165, 1.54) is 45.6 Å². The molecule has 0 spiro atoms. The molecule has 28 heavy (non-hydrogen) atoms. The Bertz CT molecular complexity index is 1070. The molecule has 2 heteroatoms. The van der Waals surface area contributed by atoms with E-state index in [4.69, 9.17) is 4.98 Å². The zero-order chi connectivity index (χ0) is 18.9. The van der Waals surface area contributed by atoms with Crippen LogP contribution < -0.4 is 0 Å². The highest BCUT2D eigenvalue weighted by atomic mass is 15.0. The number of fused-ring (bicyclic) bond motifs is 1. The third kappa shape index (κ3) is 2.37. The van der Waals surface area contributed by atoms with Crippen LogP contribution in [0.15, 0.2) is 54.1 Å². The summed E-state index contributed by atoms with van der Waals surface area (Å²) in [5.41, 5.74) is 10.1. The lowest BCUT2D eigenvalue weighted by Gasteiger charge is -2.55. The van der Waals surface area contributed by atoms with Gasteiger partial charge >= 0.3 is 0 Å². The van der Waals surface area contributed by atoms with Crippen LogP contribution in [0, 0.1) is 11.3 Å². The van der Waals surface area contributed by atoms with E-state index < -0.39 is 0 Å². The van der Waals surface area contributed by atoms with Crippen LogP contribution in [0.1, 0.15) is 54.3 Å². The van der Waals surface area contributed by atoms with Crippen molar-refractivity contribution in [3.8, 4) is 11.4 Å². The largest absolute Gasteiger partial charge is 0.342 e. The zero-order valence-corrected chi connectivity index (χ0v) is 16.6. The van der Waals surface area contributed by atoms with E-state index in [1.54, 1.807) is 0 Å². The molecule has 2 unspecified atom stereocenters. The van der Waals surface area contributed by atoms with Gasteiger partial charge in [-0.25, -0.2) is 4.98 Å². The van der Waals surface area contributed by atoms with Crippen molar-refractivity contribution in [3.05, 3.63) is 82.2 Å². The van der Waals surface area contributed by atoms with Crippen LogP contribution in [0.25, 0.3) is 17.5 Å². The molecule has 2 aromatic carbocycles. The molecule has 2 bridgehead atoms. The Morgan fingerprint density at radius 1 is 1.00 bits per heavy atom. The van der Waals surface area contributed by atoms with Gasteiger partial charge in [-0.05, 0) is 53.7 Å². The van der Waals surface area contributed by atoms with E-state index in [0.29, 0.717) is 11.3 Å². The third-order valence-corrected chi connectivity index (χ3v) is 7.57. The summed E-state index contributed by atoms with van der Waals surface area (Å²) in [7, 11) is 0. The van der Waals surface area contributed by atoms with Gasteiger partial charge in [0.25, 0.3) is 0 Å². The number of aromatic amines is 1. The van der Waals surface area contributed by atoms with Gasteiger partial charge in [0.2, 0.25) is 0 Å². The maximum Gasteiger partial charge on any atom is 0.137 e. The van der Waals surface area contributed by atoms with Crippen molar-refractivity contribution >= 4 is 6.08 Å². The van der Waals surface area contributed by atoms with E-state index >= 15 is 0 Å². The second-order valence-corrected chi connectivity index (χ2v) is 9.51. The number of aromatic nitrogens is 2. The average molecular weight is 367 g/mol. The first kappa shape index (κ1) is 16.4. The maximum atomic E-state index is 5.02. The highest BCUT2D eigenvalue weighted by Gasteiger charge is 2.54. The Balaban J connectivity index is 1.25. The van der Waals surface area contributed by atoms with E-state index in [2.05, 4.69) is 73.4 Å². The minimum absolute atomic E-state index is 0.425.